The Labute approximate surface area is 200 Å². The number of hydrogen-bond acceptors (Lipinski definition) is 6. The van der Waals surface area contributed by atoms with Crippen LogP contribution in [0, 0.1) is 0 Å². The van der Waals surface area contributed by atoms with Gasteiger partial charge in [0.15, 0.2) is 0 Å². The van der Waals surface area contributed by atoms with Crippen molar-refractivity contribution in [2.24, 2.45) is 0 Å². The van der Waals surface area contributed by atoms with Crippen molar-refractivity contribution in [1.82, 2.24) is 18.7 Å². The minimum Gasteiger partial charge on any atom is -0.494 e. The number of aromatic nitrogens is 4. The highest BCUT2D eigenvalue weighted by Gasteiger charge is 2.28. The maximum absolute atomic E-state index is 14.1. The number of rotatable bonds is 6. The van der Waals surface area contributed by atoms with E-state index in [1.165, 1.54) is 35.3 Å². The van der Waals surface area contributed by atoms with Gasteiger partial charge in [0.1, 0.15) is 16.2 Å². The van der Waals surface area contributed by atoms with Gasteiger partial charge in [-0.15, -0.1) is 0 Å². The van der Waals surface area contributed by atoms with Crippen LogP contribution in [0.15, 0.2) is 82.7 Å². The monoisotopic (exact) mass is 494 g/mol. The summed E-state index contributed by atoms with van der Waals surface area (Å²) in [6.07, 6.45) is 2.92. The molecule has 0 aliphatic rings. The smallest absolute Gasteiger partial charge is 0.284 e. The molecule has 0 unspecified atom stereocenters. The van der Waals surface area contributed by atoms with Gasteiger partial charge in [-0.2, -0.15) is 12.5 Å². The zero-order chi connectivity index (χ0) is 23.9. The number of para-hydroxylation sites is 2. The quantitative estimate of drug-likeness (QED) is 0.353. The lowest BCUT2D eigenvalue weighted by Gasteiger charge is -2.16. The Balaban J connectivity index is 1.82. The molecule has 3 aromatic carbocycles. The van der Waals surface area contributed by atoms with E-state index in [1.54, 1.807) is 30.3 Å². The zero-order valence-corrected chi connectivity index (χ0v) is 19.6. The molecule has 0 saturated carbocycles. The molecule has 34 heavy (non-hydrogen) atoms. The predicted octanol–water partition coefficient (Wildman–Crippen LogP) is 4.08. The molecule has 0 radical (unpaired) electrons. The third-order valence-corrected chi connectivity index (χ3v) is 7.38. The summed E-state index contributed by atoms with van der Waals surface area (Å²) in [6, 6.07) is 16.5. The molecule has 0 spiro atoms. The van der Waals surface area contributed by atoms with E-state index in [0.29, 0.717) is 28.5 Å². The highest BCUT2D eigenvalue weighted by Crippen LogP contribution is 2.27. The van der Waals surface area contributed by atoms with Gasteiger partial charge in [0.2, 0.25) is 0 Å². The molecule has 10 heteroatoms. The van der Waals surface area contributed by atoms with Gasteiger partial charge < -0.3 is 4.74 Å². The summed E-state index contributed by atoms with van der Waals surface area (Å²) in [4.78, 5) is 21.8. The van der Waals surface area contributed by atoms with E-state index < -0.39 is 15.6 Å². The second-order valence-electron chi connectivity index (χ2n) is 7.49. The zero-order valence-electron chi connectivity index (χ0n) is 18.1. The van der Waals surface area contributed by atoms with E-state index in [4.69, 9.17) is 16.3 Å². The van der Waals surface area contributed by atoms with Crippen molar-refractivity contribution in [2.75, 3.05) is 6.61 Å². The largest absolute Gasteiger partial charge is 0.494 e. The van der Waals surface area contributed by atoms with Gasteiger partial charge in [0.05, 0.1) is 29.6 Å². The van der Waals surface area contributed by atoms with Gasteiger partial charge in [-0.25, -0.2) is 4.68 Å². The summed E-state index contributed by atoms with van der Waals surface area (Å²) in [6.45, 7) is 2.25. The first-order chi connectivity index (χ1) is 16.4. The number of hydrogen-bond donors (Lipinski definition) is 0. The van der Waals surface area contributed by atoms with Crippen molar-refractivity contribution in [1.29, 1.82) is 0 Å². The third kappa shape index (κ3) is 3.63. The first-order valence-corrected chi connectivity index (χ1v) is 12.3. The van der Waals surface area contributed by atoms with Crippen LogP contribution < -0.4 is 10.3 Å². The molecule has 0 fully saturated rings. The molecule has 0 N–H and O–H groups in total. The summed E-state index contributed by atoms with van der Waals surface area (Å²) in [7, 11) is -4.29. The Morgan fingerprint density at radius 3 is 2.62 bits per heavy atom. The molecule has 0 amide bonds. The van der Waals surface area contributed by atoms with Gasteiger partial charge in [-0.1, -0.05) is 35.9 Å². The molecule has 8 nitrogen and oxygen atoms in total. The van der Waals surface area contributed by atoms with Crippen LogP contribution in [-0.4, -0.2) is 33.8 Å². The summed E-state index contributed by atoms with van der Waals surface area (Å²) in [5, 5.41) is 0.536. The lowest BCUT2D eigenvalue weighted by Crippen LogP contribution is -2.29. The van der Waals surface area contributed by atoms with Crippen molar-refractivity contribution < 1.29 is 13.2 Å². The molecule has 5 rings (SSSR count). The van der Waals surface area contributed by atoms with Crippen molar-refractivity contribution in [3.05, 3.63) is 94.0 Å². The number of halogens is 1. The predicted molar refractivity (Wildman–Crippen MR) is 130 cm³/mol. The molecule has 2 aromatic heterocycles. The lowest BCUT2D eigenvalue weighted by molar-refractivity contribution is 0.335. The minimum absolute atomic E-state index is 0.0308. The van der Waals surface area contributed by atoms with Crippen LogP contribution in [-0.2, 0) is 16.6 Å². The molecule has 0 aliphatic carbocycles. The van der Waals surface area contributed by atoms with Crippen LogP contribution in [0.5, 0.6) is 5.75 Å². The van der Waals surface area contributed by atoms with Crippen LogP contribution in [0.25, 0.3) is 21.9 Å². The van der Waals surface area contributed by atoms with Gasteiger partial charge in [0.25, 0.3) is 15.6 Å². The Hall–Kier alpha value is -3.69. The Morgan fingerprint density at radius 2 is 1.79 bits per heavy atom. The maximum atomic E-state index is 14.1. The molecule has 0 saturated heterocycles. The third-order valence-electron chi connectivity index (χ3n) is 5.41. The summed E-state index contributed by atoms with van der Waals surface area (Å²) < 4.78 is 36.0. The SMILES string of the molecule is CCOc1ccccc1Cn1c(=O)c2ccc(Cl)cc2n1S(=O)(=O)c1cccc2nccnc12. The van der Waals surface area contributed by atoms with Crippen LogP contribution >= 0.6 is 11.6 Å². The first-order valence-electron chi connectivity index (χ1n) is 10.5. The summed E-state index contributed by atoms with van der Waals surface area (Å²) in [5.41, 5.74) is 1.01. The normalized spacial score (nSPS) is 11.8. The number of benzene rings is 3. The Kier molecular flexibility index (Phi) is 5.59. The second-order valence-corrected chi connectivity index (χ2v) is 9.67. The number of nitrogens with zero attached hydrogens (tertiary/aromatic N) is 4. The van der Waals surface area contributed by atoms with Crippen molar-refractivity contribution >= 4 is 43.6 Å². The van der Waals surface area contributed by atoms with Crippen LogP contribution in [0.1, 0.15) is 12.5 Å². The first kappa shape index (κ1) is 22.1. The maximum Gasteiger partial charge on any atom is 0.284 e. The van der Waals surface area contributed by atoms with Crippen LogP contribution in [0.2, 0.25) is 5.02 Å². The van der Waals surface area contributed by atoms with Crippen molar-refractivity contribution in [3.8, 4) is 5.75 Å². The molecule has 0 bridgehead atoms. The molecular formula is C24H19ClN4O4S. The molecular weight excluding hydrogens is 476 g/mol. The van der Waals surface area contributed by atoms with E-state index in [9.17, 15) is 13.2 Å². The van der Waals surface area contributed by atoms with E-state index in [2.05, 4.69) is 9.97 Å². The highest BCUT2D eigenvalue weighted by molar-refractivity contribution is 7.90. The van der Waals surface area contributed by atoms with Crippen molar-refractivity contribution in [3.63, 3.8) is 0 Å². The fourth-order valence-electron chi connectivity index (χ4n) is 3.95. The van der Waals surface area contributed by atoms with Crippen molar-refractivity contribution in [2.45, 2.75) is 18.4 Å². The van der Waals surface area contributed by atoms with Crippen LogP contribution in [0.4, 0.5) is 0 Å². The second kappa shape index (κ2) is 8.58. The fraction of sp³-hybridized carbons (Fsp3) is 0.125. The van der Waals surface area contributed by atoms with E-state index in [1.807, 2.05) is 19.1 Å². The Bertz CT molecular complexity index is 1700. The lowest BCUT2D eigenvalue weighted by atomic mass is 10.2. The fourth-order valence-corrected chi connectivity index (χ4v) is 5.76. The number of fused-ring (bicyclic) bond motifs is 2. The standard InChI is InChI=1S/C24H19ClN4O4S/c1-2-33-21-8-4-3-6-16(21)15-28-24(30)18-11-10-17(25)14-20(18)29(28)34(31,32)22-9-5-7-19-23(22)27-13-12-26-19/h3-14H,2,15H2,1H3. The molecule has 0 aliphatic heterocycles. The topological polar surface area (TPSA) is 96.1 Å². The summed E-state index contributed by atoms with van der Waals surface area (Å²) in [5.74, 6) is 0.570. The average Bonchev–Trinajstić information content (AvgIpc) is 3.11. The number of ether oxygens (including phenoxy) is 1. The molecule has 2 heterocycles. The highest BCUT2D eigenvalue weighted by atomic mass is 35.5. The molecule has 172 valence electrons. The minimum atomic E-state index is -4.29. The van der Waals surface area contributed by atoms with Gasteiger partial charge in [-0.05, 0) is 43.3 Å². The van der Waals surface area contributed by atoms with Gasteiger partial charge in [-0.3, -0.25) is 14.8 Å². The van der Waals surface area contributed by atoms with E-state index in [0.717, 1.165) is 4.09 Å². The van der Waals surface area contributed by atoms with Gasteiger partial charge >= 0.3 is 0 Å². The molecule has 0 atom stereocenters. The average molecular weight is 495 g/mol. The van der Waals surface area contributed by atoms with Gasteiger partial charge in [0, 0.05) is 23.0 Å². The Morgan fingerprint density at radius 1 is 1.00 bits per heavy atom. The summed E-state index contributed by atoms with van der Waals surface area (Å²) >= 11 is 6.21. The van der Waals surface area contributed by atoms with E-state index >= 15 is 0 Å². The van der Waals surface area contributed by atoms with E-state index in [-0.39, 0.29) is 27.9 Å². The van der Waals surface area contributed by atoms with Crippen LogP contribution in [0.3, 0.4) is 0 Å². The molecule has 5 aromatic rings.